The van der Waals surface area contributed by atoms with Crippen molar-refractivity contribution in [3.63, 3.8) is 0 Å². The number of fused-ring (bicyclic) bond motifs is 6. The highest BCUT2D eigenvalue weighted by atomic mass is 16.5. The number of methoxy groups -OCH3 is 1. The number of para-hydroxylation sites is 1. The summed E-state index contributed by atoms with van der Waals surface area (Å²) in [5, 5.41) is 10.7. The Morgan fingerprint density at radius 1 is 1.32 bits per heavy atom. The molecule has 0 unspecified atom stereocenters. The van der Waals surface area contributed by atoms with Crippen LogP contribution in [0.5, 0.6) is 0 Å². The Morgan fingerprint density at radius 3 is 2.84 bits per heavy atom. The Hall–Kier alpha value is -1.96. The van der Waals surface area contributed by atoms with Crippen molar-refractivity contribution in [3.05, 3.63) is 29.8 Å². The third kappa shape index (κ3) is 2.82. The van der Waals surface area contributed by atoms with E-state index in [-0.39, 0.29) is 23.8 Å². The van der Waals surface area contributed by atoms with Gasteiger partial charge in [-0.3, -0.25) is 14.5 Å². The van der Waals surface area contributed by atoms with Gasteiger partial charge < -0.3 is 19.1 Å². The second kappa shape index (κ2) is 7.29. The van der Waals surface area contributed by atoms with E-state index in [0.29, 0.717) is 25.4 Å². The maximum absolute atomic E-state index is 13.6. The van der Waals surface area contributed by atoms with E-state index < -0.39 is 17.7 Å². The van der Waals surface area contributed by atoms with Crippen molar-refractivity contribution >= 4 is 17.4 Å². The van der Waals surface area contributed by atoms with Crippen LogP contribution in [0.4, 0.5) is 5.69 Å². The number of hydrogen-bond acceptors (Lipinski definition) is 6. The van der Waals surface area contributed by atoms with Crippen molar-refractivity contribution in [2.24, 2.45) is 17.8 Å². The fraction of sp³-hybridized carbons (Fsp3) is 0.667. The maximum Gasteiger partial charge on any atom is 0.311 e. The highest BCUT2D eigenvalue weighted by molar-refractivity contribution is 6.13. The number of carbonyl (C=O) groups is 2. The first-order chi connectivity index (χ1) is 14.9. The number of anilines is 1. The van der Waals surface area contributed by atoms with Crippen molar-refractivity contribution in [2.75, 3.05) is 38.8 Å². The molecule has 2 saturated heterocycles. The first-order valence-electron chi connectivity index (χ1n) is 11.5. The molecule has 3 fully saturated rings. The van der Waals surface area contributed by atoms with Crippen LogP contribution in [0.15, 0.2) is 24.3 Å². The van der Waals surface area contributed by atoms with Crippen LogP contribution in [0.2, 0.25) is 0 Å². The summed E-state index contributed by atoms with van der Waals surface area (Å²) in [4.78, 5) is 28.4. The van der Waals surface area contributed by atoms with Gasteiger partial charge in [0.15, 0.2) is 6.17 Å². The number of quaternary nitrogens is 1. The molecular formula is C24H33N2O5+. The summed E-state index contributed by atoms with van der Waals surface area (Å²) in [5.74, 6) is -0.376. The Bertz CT molecular complexity index is 906. The van der Waals surface area contributed by atoms with Crippen molar-refractivity contribution in [2.45, 2.75) is 50.6 Å². The summed E-state index contributed by atoms with van der Waals surface area (Å²) >= 11 is 0. The van der Waals surface area contributed by atoms with Gasteiger partial charge in [-0.05, 0) is 37.8 Å². The van der Waals surface area contributed by atoms with E-state index in [1.807, 2.05) is 31.2 Å². The predicted molar refractivity (Wildman–Crippen MR) is 114 cm³/mol. The van der Waals surface area contributed by atoms with Crippen LogP contribution in [0.1, 0.15) is 43.0 Å². The van der Waals surface area contributed by atoms with E-state index >= 15 is 0 Å². The van der Waals surface area contributed by atoms with Crippen LogP contribution < -0.4 is 4.90 Å². The zero-order valence-corrected chi connectivity index (χ0v) is 18.6. The number of Topliss-reactive ketones (excluding diaryl/α,β-unsaturated/α-hetero) is 1. The third-order valence-electron chi connectivity index (χ3n) is 8.44. The standard InChI is InChI=1S/C24H33N2O5/c1-4-31-24-11-12-26(2)14-15-9-10-19(27)21(23(29)30-3)17(15)13-20(26)25(24)18-8-6-5-7-16(18)22(24)28/h5-8,15,17,19-21,27H,4,9-14H2,1-3H3/q+1/t15-,17-,19+,20-,21+,24+,26-/m0/s1. The van der Waals surface area contributed by atoms with Crippen molar-refractivity contribution < 1.29 is 28.7 Å². The van der Waals surface area contributed by atoms with E-state index in [2.05, 4.69) is 11.9 Å². The Kier molecular flexibility index (Phi) is 4.92. The molecular weight excluding hydrogens is 396 g/mol. The van der Waals surface area contributed by atoms with Gasteiger partial charge in [0.25, 0.3) is 0 Å². The second-order valence-electron chi connectivity index (χ2n) is 9.90. The van der Waals surface area contributed by atoms with E-state index in [9.17, 15) is 14.7 Å². The van der Waals surface area contributed by atoms with Crippen LogP contribution in [0, 0.1) is 17.8 Å². The van der Waals surface area contributed by atoms with E-state index in [1.165, 1.54) is 7.11 Å². The smallest absolute Gasteiger partial charge is 0.311 e. The summed E-state index contributed by atoms with van der Waals surface area (Å²) in [6, 6.07) is 7.79. The van der Waals surface area contributed by atoms with Gasteiger partial charge in [-0.15, -0.1) is 0 Å². The molecule has 3 aliphatic heterocycles. The molecule has 3 heterocycles. The molecule has 1 aromatic rings. The second-order valence-corrected chi connectivity index (χ2v) is 9.90. The zero-order valence-electron chi connectivity index (χ0n) is 18.6. The lowest BCUT2D eigenvalue weighted by Crippen LogP contribution is -2.76. The van der Waals surface area contributed by atoms with E-state index in [0.717, 1.165) is 41.7 Å². The number of esters is 1. The molecule has 5 rings (SSSR count). The van der Waals surface area contributed by atoms with Crippen LogP contribution >= 0.6 is 0 Å². The topological polar surface area (TPSA) is 76.1 Å². The summed E-state index contributed by atoms with van der Waals surface area (Å²) in [5.41, 5.74) is 0.681. The average molecular weight is 430 g/mol. The molecule has 0 spiro atoms. The number of ketones is 1. The first kappa shape index (κ1) is 20.9. The summed E-state index contributed by atoms with van der Waals surface area (Å²) in [6.07, 6.45) is 2.28. The predicted octanol–water partition coefficient (Wildman–Crippen LogP) is 2.18. The molecule has 0 bridgehead atoms. The normalized spacial score (nSPS) is 41.1. The molecule has 1 saturated carbocycles. The summed E-state index contributed by atoms with van der Waals surface area (Å²) in [6.45, 7) is 4.19. The van der Waals surface area contributed by atoms with Crippen LogP contribution in [0.25, 0.3) is 0 Å². The molecule has 1 N–H and O–H groups in total. The zero-order chi connectivity index (χ0) is 22.0. The summed E-state index contributed by atoms with van der Waals surface area (Å²) in [7, 11) is 3.68. The highest BCUT2D eigenvalue weighted by Gasteiger charge is 2.65. The number of hydrogen-bond donors (Lipinski definition) is 1. The molecule has 1 aromatic carbocycles. The van der Waals surface area contributed by atoms with Crippen LogP contribution in [0.3, 0.4) is 0 Å². The molecule has 0 radical (unpaired) electrons. The van der Waals surface area contributed by atoms with Gasteiger partial charge in [0.1, 0.15) is 0 Å². The van der Waals surface area contributed by atoms with Crippen LogP contribution in [-0.2, 0) is 14.3 Å². The molecule has 4 aliphatic rings. The van der Waals surface area contributed by atoms with Crippen molar-refractivity contribution in [3.8, 4) is 0 Å². The number of rotatable bonds is 3. The number of aliphatic hydroxyl groups is 1. The number of ether oxygens (including phenoxy) is 2. The minimum Gasteiger partial charge on any atom is -0.469 e. The van der Waals surface area contributed by atoms with Gasteiger partial charge in [-0.2, -0.15) is 0 Å². The minimum absolute atomic E-state index is 0.00612. The molecule has 168 valence electrons. The Morgan fingerprint density at radius 2 is 2.10 bits per heavy atom. The molecule has 1 aliphatic carbocycles. The lowest BCUT2D eigenvalue weighted by Gasteiger charge is -2.61. The van der Waals surface area contributed by atoms with Gasteiger partial charge in [-0.25, -0.2) is 0 Å². The van der Waals surface area contributed by atoms with Gasteiger partial charge >= 0.3 is 5.97 Å². The molecule has 0 aromatic heterocycles. The monoisotopic (exact) mass is 429 g/mol. The minimum atomic E-state index is -0.970. The Labute approximate surface area is 183 Å². The number of benzene rings is 1. The lowest BCUT2D eigenvalue weighted by atomic mass is 9.65. The maximum atomic E-state index is 13.6. The fourth-order valence-electron chi connectivity index (χ4n) is 7.05. The van der Waals surface area contributed by atoms with Crippen molar-refractivity contribution in [1.29, 1.82) is 0 Å². The fourth-order valence-corrected chi connectivity index (χ4v) is 7.05. The molecule has 0 amide bonds. The van der Waals surface area contributed by atoms with Gasteiger partial charge in [0.05, 0.1) is 51.4 Å². The van der Waals surface area contributed by atoms with E-state index in [4.69, 9.17) is 9.47 Å². The average Bonchev–Trinajstić information content (AvgIpc) is 3.01. The number of piperidine rings is 1. The molecule has 7 nitrogen and oxygen atoms in total. The van der Waals surface area contributed by atoms with Crippen LogP contribution in [-0.4, -0.2) is 73.2 Å². The van der Waals surface area contributed by atoms with Crippen molar-refractivity contribution in [1.82, 2.24) is 0 Å². The quantitative estimate of drug-likeness (QED) is 0.586. The SMILES string of the molecule is CCO[C@@]12CC[N@@+]3(C)C[C@@H]4CC[C@@H](O)[C@H](C(=O)OC)[C@H]4C[C@H]3N1c1ccccc1C2=O. The molecule has 31 heavy (non-hydrogen) atoms. The number of aliphatic hydroxyl groups excluding tert-OH is 1. The van der Waals surface area contributed by atoms with Gasteiger partial charge in [0, 0.05) is 24.5 Å². The first-order valence-corrected chi connectivity index (χ1v) is 11.5. The summed E-state index contributed by atoms with van der Waals surface area (Å²) < 4.78 is 12.2. The third-order valence-corrected chi connectivity index (χ3v) is 8.44. The molecule has 7 atom stereocenters. The number of carbonyl (C=O) groups excluding carboxylic acids is 2. The highest BCUT2D eigenvalue weighted by Crippen LogP contribution is 2.53. The van der Waals surface area contributed by atoms with E-state index in [1.54, 1.807) is 0 Å². The largest absolute Gasteiger partial charge is 0.469 e. The van der Waals surface area contributed by atoms with Gasteiger partial charge in [-0.1, -0.05) is 12.1 Å². The number of nitrogens with zero attached hydrogens (tertiary/aromatic N) is 2. The van der Waals surface area contributed by atoms with Gasteiger partial charge in [0.2, 0.25) is 11.5 Å². The molecule has 7 heteroatoms. The lowest BCUT2D eigenvalue weighted by molar-refractivity contribution is -0.949. The Balaban J connectivity index is 1.59.